The van der Waals surface area contributed by atoms with Gasteiger partial charge in [0, 0.05) is 13.0 Å². The van der Waals surface area contributed by atoms with E-state index in [1.807, 2.05) is 67.6 Å². The second-order valence-corrected chi connectivity index (χ2v) is 6.46. The molecule has 24 heavy (non-hydrogen) atoms. The van der Waals surface area contributed by atoms with Gasteiger partial charge in [-0.15, -0.1) is 0 Å². The Labute approximate surface area is 147 Å². The Hall–Kier alpha value is -2.04. The number of rotatable bonds is 10. The summed E-state index contributed by atoms with van der Waals surface area (Å²) >= 11 is 0. The van der Waals surface area contributed by atoms with Crippen LogP contribution in [0.3, 0.4) is 0 Å². The largest absolute Gasteiger partial charge is 0.458 e. The zero-order chi connectivity index (χ0) is 17.3. The minimum Gasteiger partial charge on any atom is -0.458 e. The van der Waals surface area contributed by atoms with Crippen molar-refractivity contribution in [1.29, 1.82) is 0 Å². The third-order valence-corrected chi connectivity index (χ3v) is 3.65. The first-order valence-electron chi connectivity index (χ1n) is 8.03. The van der Waals surface area contributed by atoms with Crippen LogP contribution in [-0.2, 0) is 4.74 Å². The van der Waals surface area contributed by atoms with E-state index in [1.54, 1.807) is 0 Å². The average Bonchev–Trinajstić information content (AvgIpc) is 2.56. The van der Waals surface area contributed by atoms with E-state index in [0.29, 0.717) is 19.6 Å². The molecule has 3 radical (unpaired) electrons. The van der Waals surface area contributed by atoms with Gasteiger partial charge in [-0.1, -0.05) is 48.6 Å². The van der Waals surface area contributed by atoms with Crippen molar-refractivity contribution in [2.45, 2.75) is 25.2 Å². The van der Waals surface area contributed by atoms with Gasteiger partial charge in [-0.25, -0.2) is 0 Å². The van der Waals surface area contributed by atoms with Gasteiger partial charge in [0.05, 0.1) is 6.61 Å². The zero-order valence-electron chi connectivity index (χ0n) is 14.0. The number of hydrogen-bond donors (Lipinski definition) is 0. The minimum atomic E-state index is -0.949. The summed E-state index contributed by atoms with van der Waals surface area (Å²) in [5.74, 6) is 1.48. The SMILES string of the molecule is C=C(C)COCCCC([Si])(Oc1ccccc1)Oc1ccccc1. The van der Waals surface area contributed by atoms with Crippen molar-refractivity contribution in [3.8, 4) is 11.5 Å². The quantitative estimate of drug-likeness (QED) is 0.279. The third kappa shape index (κ3) is 6.60. The van der Waals surface area contributed by atoms with Crippen molar-refractivity contribution in [1.82, 2.24) is 0 Å². The Morgan fingerprint density at radius 2 is 1.46 bits per heavy atom. The molecule has 0 saturated heterocycles. The topological polar surface area (TPSA) is 27.7 Å². The molecular formula is C20H23O3Si. The molecule has 0 amide bonds. The average molecular weight is 339 g/mol. The summed E-state index contributed by atoms with van der Waals surface area (Å²) < 4.78 is 17.7. The highest BCUT2D eigenvalue weighted by molar-refractivity contribution is 6.13. The van der Waals surface area contributed by atoms with E-state index in [-0.39, 0.29) is 0 Å². The maximum atomic E-state index is 6.05. The zero-order valence-corrected chi connectivity index (χ0v) is 15.0. The van der Waals surface area contributed by atoms with E-state index in [0.717, 1.165) is 23.5 Å². The molecule has 0 spiro atoms. The fraction of sp³-hybridized carbons (Fsp3) is 0.300. The molecule has 125 valence electrons. The van der Waals surface area contributed by atoms with Crippen LogP contribution in [0.4, 0.5) is 0 Å². The van der Waals surface area contributed by atoms with Crippen LogP contribution in [0.15, 0.2) is 72.8 Å². The summed E-state index contributed by atoms with van der Waals surface area (Å²) in [7, 11) is 3.68. The Balaban J connectivity index is 1.98. The molecule has 0 aliphatic heterocycles. The van der Waals surface area contributed by atoms with Gasteiger partial charge in [0.2, 0.25) is 5.41 Å². The molecule has 0 atom stereocenters. The fourth-order valence-electron chi connectivity index (χ4n) is 2.13. The maximum Gasteiger partial charge on any atom is 0.222 e. The number of benzene rings is 2. The molecule has 0 unspecified atom stereocenters. The first-order valence-corrected chi connectivity index (χ1v) is 8.53. The van der Waals surface area contributed by atoms with Crippen LogP contribution < -0.4 is 9.47 Å². The van der Waals surface area contributed by atoms with Crippen LogP contribution in [0.5, 0.6) is 11.5 Å². The van der Waals surface area contributed by atoms with E-state index in [4.69, 9.17) is 14.2 Å². The van der Waals surface area contributed by atoms with Crippen molar-refractivity contribution in [2.75, 3.05) is 13.2 Å². The molecule has 0 aliphatic carbocycles. The molecular weight excluding hydrogens is 316 g/mol. The standard InChI is InChI=1S/C20H23O3Si/c1-17(2)16-21-15-9-14-20(24,22-18-10-5-3-6-11-18)23-19-12-7-4-8-13-19/h3-8,10-13H,1,9,14-16H2,2H3. The van der Waals surface area contributed by atoms with Gasteiger partial charge in [-0.3, -0.25) is 0 Å². The van der Waals surface area contributed by atoms with Crippen molar-refractivity contribution in [3.05, 3.63) is 72.8 Å². The Morgan fingerprint density at radius 3 is 1.92 bits per heavy atom. The van der Waals surface area contributed by atoms with Crippen molar-refractivity contribution in [2.24, 2.45) is 0 Å². The van der Waals surface area contributed by atoms with Crippen molar-refractivity contribution >= 4 is 10.2 Å². The smallest absolute Gasteiger partial charge is 0.222 e. The molecule has 0 aromatic heterocycles. The van der Waals surface area contributed by atoms with Crippen LogP contribution in [0.25, 0.3) is 0 Å². The molecule has 0 fully saturated rings. The number of para-hydroxylation sites is 2. The summed E-state index contributed by atoms with van der Waals surface area (Å²) in [5.41, 5.74) is 0.0654. The predicted octanol–water partition coefficient (Wildman–Crippen LogP) is 4.34. The first-order chi connectivity index (χ1) is 11.6. The van der Waals surface area contributed by atoms with Crippen LogP contribution in [0.1, 0.15) is 19.8 Å². The molecule has 2 rings (SSSR count). The monoisotopic (exact) mass is 339 g/mol. The van der Waals surface area contributed by atoms with Gasteiger partial charge in [-0.05, 0) is 37.6 Å². The van der Waals surface area contributed by atoms with Gasteiger partial charge in [0.1, 0.15) is 11.5 Å². The van der Waals surface area contributed by atoms with Crippen LogP contribution in [0, 0.1) is 0 Å². The molecule has 4 heteroatoms. The summed E-state index contributed by atoms with van der Waals surface area (Å²) in [6.07, 6.45) is 1.42. The summed E-state index contributed by atoms with van der Waals surface area (Å²) in [4.78, 5) is 0. The second-order valence-electron chi connectivity index (χ2n) is 5.70. The van der Waals surface area contributed by atoms with Gasteiger partial charge in [-0.2, -0.15) is 0 Å². The molecule has 0 heterocycles. The van der Waals surface area contributed by atoms with Gasteiger partial charge in [0.25, 0.3) is 0 Å². The Kier molecular flexibility index (Phi) is 7.09. The van der Waals surface area contributed by atoms with Crippen LogP contribution in [-0.4, -0.2) is 28.9 Å². The van der Waals surface area contributed by atoms with Crippen LogP contribution >= 0.6 is 0 Å². The van der Waals surface area contributed by atoms with Crippen LogP contribution in [0.2, 0.25) is 0 Å². The summed E-state index contributed by atoms with van der Waals surface area (Å²) in [6, 6.07) is 19.2. The predicted molar refractivity (Wildman–Crippen MR) is 97.5 cm³/mol. The molecule has 0 saturated carbocycles. The van der Waals surface area contributed by atoms with E-state index >= 15 is 0 Å². The lowest BCUT2D eigenvalue weighted by Gasteiger charge is -2.31. The summed E-state index contributed by atoms with van der Waals surface area (Å²) in [5, 5.41) is 0. The number of hydrogen-bond acceptors (Lipinski definition) is 3. The minimum absolute atomic E-state index is 0.577. The lowest BCUT2D eigenvalue weighted by Crippen LogP contribution is -2.43. The molecule has 0 N–H and O–H groups in total. The third-order valence-electron chi connectivity index (χ3n) is 3.19. The van der Waals surface area contributed by atoms with Crippen molar-refractivity contribution in [3.63, 3.8) is 0 Å². The highest BCUT2D eigenvalue weighted by Crippen LogP contribution is 2.24. The van der Waals surface area contributed by atoms with E-state index in [9.17, 15) is 0 Å². The molecule has 3 nitrogen and oxygen atoms in total. The first kappa shape index (κ1) is 18.3. The van der Waals surface area contributed by atoms with E-state index in [2.05, 4.69) is 16.8 Å². The van der Waals surface area contributed by atoms with Gasteiger partial charge < -0.3 is 14.2 Å². The molecule has 2 aromatic rings. The Bertz CT molecular complexity index is 572. The number of ether oxygens (including phenoxy) is 3. The lowest BCUT2D eigenvalue weighted by molar-refractivity contribution is -0.0498. The highest BCUT2D eigenvalue weighted by atomic mass is 28.1. The van der Waals surface area contributed by atoms with Gasteiger partial charge in [0.15, 0.2) is 10.2 Å². The highest BCUT2D eigenvalue weighted by Gasteiger charge is 2.28. The van der Waals surface area contributed by atoms with Gasteiger partial charge >= 0.3 is 0 Å². The summed E-state index contributed by atoms with van der Waals surface area (Å²) in [6.45, 7) is 6.98. The maximum absolute atomic E-state index is 6.05. The van der Waals surface area contributed by atoms with Crippen molar-refractivity contribution < 1.29 is 14.2 Å². The lowest BCUT2D eigenvalue weighted by atomic mass is 10.3. The normalized spacial score (nSPS) is 11.1. The Morgan fingerprint density at radius 1 is 0.958 bits per heavy atom. The molecule has 0 aliphatic rings. The van der Waals surface area contributed by atoms with E-state index < -0.39 is 5.41 Å². The fourth-order valence-corrected chi connectivity index (χ4v) is 2.55. The molecule has 2 aromatic carbocycles. The van der Waals surface area contributed by atoms with E-state index in [1.165, 1.54) is 0 Å². The second kappa shape index (κ2) is 9.30. The molecule has 0 bridgehead atoms.